The normalized spacial score (nSPS) is 11.6. The smallest absolute Gasteiger partial charge is 0.0554 e. The van der Waals surface area contributed by atoms with Gasteiger partial charge in [-0.25, -0.2) is 0 Å². The van der Waals surface area contributed by atoms with E-state index in [9.17, 15) is 0 Å². The lowest BCUT2D eigenvalue weighted by atomic mass is 9.98. The van der Waals surface area contributed by atoms with E-state index in [1.807, 2.05) is 11.3 Å². The largest absolute Gasteiger partial charge is 0.310 e. The topological polar surface area (TPSA) is 3.24 Å². The van der Waals surface area contributed by atoms with Crippen LogP contribution in [0.1, 0.15) is 0 Å². The summed E-state index contributed by atoms with van der Waals surface area (Å²) < 4.78 is 2.62. The number of fused-ring (bicyclic) bond motifs is 8. The molecule has 0 saturated heterocycles. The van der Waals surface area contributed by atoms with Crippen LogP contribution in [-0.2, 0) is 0 Å². The fourth-order valence-electron chi connectivity index (χ4n) is 6.78. The van der Waals surface area contributed by atoms with Crippen LogP contribution < -0.4 is 4.90 Å². The van der Waals surface area contributed by atoms with Crippen LogP contribution in [-0.4, -0.2) is 0 Å². The number of thiophene rings is 1. The van der Waals surface area contributed by atoms with E-state index in [1.165, 1.54) is 69.3 Å². The van der Waals surface area contributed by atoms with Crippen LogP contribution >= 0.6 is 11.3 Å². The Morgan fingerprint density at radius 1 is 0.364 bits per heavy atom. The van der Waals surface area contributed by atoms with E-state index in [1.54, 1.807) is 0 Å². The van der Waals surface area contributed by atoms with E-state index in [4.69, 9.17) is 0 Å². The first kappa shape index (κ1) is 25.1. The minimum absolute atomic E-state index is 1.14. The molecular weight excluding hydrogens is 551 g/mol. The van der Waals surface area contributed by atoms with Crippen molar-refractivity contribution in [3.05, 3.63) is 164 Å². The molecule has 0 bridgehead atoms. The van der Waals surface area contributed by atoms with Gasteiger partial charge in [-0.1, -0.05) is 127 Å². The third kappa shape index (κ3) is 4.00. The first-order chi connectivity index (χ1) is 21.8. The lowest BCUT2D eigenvalue weighted by molar-refractivity contribution is 1.31. The minimum atomic E-state index is 1.14. The summed E-state index contributed by atoms with van der Waals surface area (Å²) in [6, 6.07) is 59.8. The molecule has 9 aromatic rings. The Hall–Kier alpha value is -5.44. The molecule has 44 heavy (non-hydrogen) atoms. The Morgan fingerprint density at radius 3 is 1.91 bits per heavy atom. The number of anilines is 3. The summed E-state index contributed by atoms with van der Waals surface area (Å²) in [5.74, 6) is 0. The zero-order chi connectivity index (χ0) is 29.0. The maximum Gasteiger partial charge on any atom is 0.0554 e. The van der Waals surface area contributed by atoms with E-state index in [0.717, 1.165) is 11.4 Å². The van der Waals surface area contributed by atoms with Crippen molar-refractivity contribution in [2.45, 2.75) is 0 Å². The molecule has 0 aliphatic rings. The number of hydrogen-bond acceptors (Lipinski definition) is 2. The Kier molecular flexibility index (Phi) is 5.75. The van der Waals surface area contributed by atoms with Gasteiger partial charge in [0.2, 0.25) is 0 Å². The molecule has 1 aromatic heterocycles. The highest BCUT2D eigenvalue weighted by Crippen LogP contribution is 2.47. The van der Waals surface area contributed by atoms with E-state index in [-0.39, 0.29) is 0 Å². The van der Waals surface area contributed by atoms with Gasteiger partial charge in [-0.2, -0.15) is 0 Å². The molecule has 9 rings (SSSR count). The zero-order valence-corrected chi connectivity index (χ0v) is 24.8. The molecule has 8 aromatic carbocycles. The quantitative estimate of drug-likeness (QED) is 0.188. The lowest BCUT2D eigenvalue weighted by Gasteiger charge is -2.28. The van der Waals surface area contributed by atoms with Gasteiger partial charge in [0.1, 0.15) is 0 Å². The monoisotopic (exact) mass is 577 g/mol. The second-order valence-electron chi connectivity index (χ2n) is 11.4. The molecular formula is C42H27NS. The van der Waals surface area contributed by atoms with Crippen LogP contribution in [0.5, 0.6) is 0 Å². The van der Waals surface area contributed by atoms with Gasteiger partial charge in [-0.3, -0.25) is 0 Å². The third-order valence-corrected chi connectivity index (χ3v) is 9.92. The number of hydrogen-bond donors (Lipinski definition) is 0. The van der Waals surface area contributed by atoms with E-state index in [2.05, 4.69) is 169 Å². The van der Waals surface area contributed by atoms with E-state index >= 15 is 0 Å². The van der Waals surface area contributed by atoms with Crippen molar-refractivity contribution >= 4 is 80.9 Å². The molecule has 0 fully saturated rings. The van der Waals surface area contributed by atoms with Gasteiger partial charge in [-0.15, -0.1) is 11.3 Å². The fourth-order valence-corrected chi connectivity index (χ4v) is 7.93. The first-order valence-corrected chi connectivity index (χ1v) is 15.8. The Labute approximate surface area is 259 Å². The van der Waals surface area contributed by atoms with Gasteiger partial charge >= 0.3 is 0 Å². The number of benzene rings is 8. The predicted molar refractivity (Wildman–Crippen MR) is 192 cm³/mol. The molecule has 1 nitrogen and oxygen atoms in total. The fraction of sp³-hybridized carbons (Fsp3) is 0. The summed E-state index contributed by atoms with van der Waals surface area (Å²) in [7, 11) is 0. The van der Waals surface area contributed by atoms with Crippen LogP contribution in [0.15, 0.2) is 164 Å². The molecule has 206 valence electrons. The van der Waals surface area contributed by atoms with Crippen molar-refractivity contribution in [2.24, 2.45) is 0 Å². The summed E-state index contributed by atoms with van der Waals surface area (Å²) in [4.78, 5) is 2.45. The summed E-state index contributed by atoms with van der Waals surface area (Å²) in [6.45, 7) is 0. The predicted octanol–water partition coefficient (Wildman–Crippen LogP) is 12.7. The van der Waals surface area contributed by atoms with Crippen molar-refractivity contribution in [2.75, 3.05) is 4.90 Å². The van der Waals surface area contributed by atoms with Gasteiger partial charge in [0, 0.05) is 36.9 Å². The molecule has 0 aliphatic heterocycles. The van der Waals surface area contributed by atoms with Crippen LogP contribution in [0.4, 0.5) is 17.1 Å². The molecule has 0 unspecified atom stereocenters. The minimum Gasteiger partial charge on any atom is -0.310 e. The summed E-state index contributed by atoms with van der Waals surface area (Å²) in [5, 5.41) is 10.2. The van der Waals surface area contributed by atoms with E-state index < -0.39 is 0 Å². The third-order valence-electron chi connectivity index (χ3n) is 8.80. The highest BCUT2D eigenvalue weighted by Gasteiger charge is 2.20. The van der Waals surface area contributed by atoms with Gasteiger partial charge in [-0.05, 0) is 74.5 Å². The standard InChI is InChI=1S/C42H27NS/c1-2-11-28(12-3-1)30-14-10-15-32(25-30)43(33-23-24-35-31(26-33)22-21-29-13-4-5-16-34(29)35)39-27-41-42(37-18-7-6-17-36(37)39)38-19-8-9-20-40(38)44-41/h1-27H. The van der Waals surface area contributed by atoms with Crippen molar-refractivity contribution in [3.63, 3.8) is 0 Å². The average Bonchev–Trinajstić information content (AvgIpc) is 3.47. The van der Waals surface area contributed by atoms with Crippen LogP contribution in [0.2, 0.25) is 0 Å². The van der Waals surface area contributed by atoms with Crippen LogP contribution in [0, 0.1) is 0 Å². The molecule has 1 heterocycles. The molecule has 0 aliphatic carbocycles. The summed E-state index contributed by atoms with van der Waals surface area (Å²) in [5.41, 5.74) is 5.88. The second-order valence-corrected chi connectivity index (χ2v) is 12.4. The molecule has 0 amide bonds. The molecule has 0 spiro atoms. The molecule has 0 atom stereocenters. The summed E-state index contributed by atoms with van der Waals surface area (Å²) in [6.07, 6.45) is 0. The van der Waals surface area contributed by atoms with E-state index in [0.29, 0.717) is 0 Å². The second kappa shape index (κ2) is 10.1. The number of nitrogens with zero attached hydrogens (tertiary/aromatic N) is 1. The van der Waals surface area contributed by atoms with Gasteiger partial charge in [0.25, 0.3) is 0 Å². The average molecular weight is 578 g/mol. The van der Waals surface area contributed by atoms with Crippen molar-refractivity contribution < 1.29 is 0 Å². The van der Waals surface area contributed by atoms with Crippen LogP contribution in [0.25, 0.3) is 63.6 Å². The Bertz CT molecular complexity index is 2510. The van der Waals surface area contributed by atoms with Crippen molar-refractivity contribution in [3.8, 4) is 11.1 Å². The van der Waals surface area contributed by atoms with Gasteiger partial charge in [0.15, 0.2) is 0 Å². The first-order valence-electron chi connectivity index (χ1n) is 15.0. The zero-order valence-electron chi connectivity index (χ0n) is 23.9. The van der Waals surface area contributed by atoms with Gasteiger partial charge in [0.05, 0.1) is 5.69 Å². The SMILES string of the molecule is c1ccc(-c2cccc(N(c3ccc4c(ccc5ccccc54)c3)c3cc4sc5ccccc5c4c4ccccc34)c2)cc1. The molecule has 2 heteroatoms. The number of rotatable bonds is 4. The maximum atomic E-state index is 2.45. The summed E-state index contributed by atoms with van der Waals surface area (Å²) >= 11 is 1.88. The lowest BCUT2D eigenvalue weighted by Crippen LogP contribution is -2.10. The van der Waals surface area contributed by atoms with Crippen molar-refractivity contribution in [1.29, 1.82) is 0 Å². The van der Waals surface area contributed by atoms with Crippen LogP contribution in [0.3, 0.4) is 0 Å². The molecule has 0 saturated carbocycles. The highest BCUT2D eigenvalue weighted by molar-refractivity contribution is 7.26. The molecule has 0 N–H and O–H groups in total. The molecule has 0 radical (unpaired) electrons. The van der Waals surface area contributed by atoms with Gasteiger partial charge < -0.3 is 4.90 Å². The van der Waals surface area contributed by atoms with Crippen molar-refractivity contribution in [1.82, 2.24) is 0 Å². The Balaban J connectivity index is 1.35. The highest BCUT2D eigenvalue weighted by atomic mass is 32.1. The Morgan fingerprint density at radius 2 is 1.02 bits per heavy atom. The maximum absolute atomic E-state index is 2.45.